The summed E-state index contributed by atoms with van der Waals surface area (Å²) in [6.45, 7) is 8.09. The van der Waals surface area contributed by atoms with Gasteiger partial charge in [0.2, 0.25) is 5.91 Å². The van der Waals surface area contributed by atoms with Crippen molar-refractivity contribution in [3.8, 4) is 0 Å². The van der Waals surface area contributed by atoms with Gasteiger partial charge in [-0.3, -0.25) is 4.79 Å². The number of carbonyl (C=O) groups is 1. The molecule has 1 atom stereocenters. The Bertz CT molecular complexity index is 446. The van der Waals surface area contributed by atoms with Crippen LogP contribution in [0.4, 0.5) is 0 Å². The summed E-state index contributed by atoms with van der Waals surface area (Å²) in [5.74, 6) is 0.989. The molecule has 112 valence electrons. The number of piperidine rings is 1. The Labute approximate surface area is 125 Å². The first-order valence-electron chi connectivity index (χ1n) is 7.42. The SMILES string of the molecule is Cc1nc(CN(C)C(=O)CCN2CCC[C@@H](C)C2)cs1. The monoisotopic (exact) mass is 295 g/mol. The zero-order valence-electron chi connectivity index (χ0n) is 12.8. The van der Waals surface area contributed by atoms with Crippen molar-refractivity contribution in [2.75, 3.05) is 26.7 Å². The molecule has 1 aliphatic rings. The molecule has 0 unspecified atom stereocenters. The summed E-state index contributed by atoms with van der Waals surface area (Å²) in [7, 11) is 1.87. The summed E-state index contributed by atoms with van der Waals surface area (Å²) < 4.78 is 0. The Morgan fingerprint density at radius 3 is 3.05 bits per heavy atom. The van der Waals surface area contributed by atoms with E-state index in [-0.39, 0.29) is 5.91 Å². The number of aryl methyl sites for hydroxylation is 1. The molecule has 1 aliphatic heterocycles. The number of carbonyl (C=O) groups excluding carboxylic acids is 1. The van der Waals surface area contributed by atoms with E-state index >= 15 is 0 Å². The molecule has 0 aliphatic carbocycles. The maximum Gasteiger partial charge on any atom is 0.223 e. The van der Waals surface area contributed by atoms with E-state index in [1.54, 1.807) is 16.2 Å². The van der Waals surface area contributed by atoms with E-state index < -0.39 is 0 Å². The summed E-state index contributed by atoms with van der Waals surface area (Å²) in [6.07, 6.45) is 3.21. The van der Waals surface area contributed by atoms with Gasteiger partial charge >= 0.3 is 0 Å². The molecule has 1 aromatic heterocycles. The van der Waals surface area contributed by atoms with Gasteiger partial charge < -0.3 is 9.80 Å². The van der Waals surface area contributed by atoms with Gasteiger partial charge in [-0.15, -0.1) is 11.3 Å². The van der Waals surface area contributed by atoms with Crippen LogP contribution in [0.25, 0.3) is 0 Å². The lowest BCUT2D eigenvalue weighted by molar-refractivity contribution is -0.130. The van der Waals surface area contributed by atoms with E-state index in [2.05, 4.69) is 16.8 Å². The van der Waals surface area contributed by atoms with Crippen molar-refractivity contribution in [1.82, 2.24) is 14.8 Å². The second-order valence-corrected chi connectivity index (χ2v) is 6.97. The third-order valence-corrected chi connectivity index (χ3v) is 4.70. The predicted octanol–water partition coefficient (Wildman–Crippen LogP) is 2.53. The van der Waals surface area contributed by atoms with Gasteiger partial charge in [0, 0.05) is 31.9 Å². The highest BCUT2D eigenvalue weighted by Crippen LogP contribution is 2.16. The largest absolute Gasteiger partial charge is 0.340 e. The number of nitrogens with zero attached hydrogens (tertiary/aromatic N) is 3. The van der Waals surface area contributed by atoms with E-state index in [0.717, 1.165) is 36.3 Å². The van der Waals surface area contributed by atoms with E-state index in [1.165, 1.54) is 12.8 Å². The molecule has 0 saturated carbocycles. The Kier molecular flexibility index (Phi) is 5.54. The number of likely N-dealkylation sites (tertiary alicyclic amines) is 1. The molecule has 20 heavy (non-hydrogen) atoms. The molecule has 1 amide bonds. The number of thiazole rings is 1. The fraction of sp³-hybridized carbons (Fsp3) is 0.733. The molecule has 1 fully saturated rings. The van der Waals surface area contributed by atoms with Gasteiger partial charge in [0.1, 0.15) is 0 Å². The van der Waals surface area contributed by atoms with E-state index in [1.807, 2.05) is 19.4 Å². The van der Waals surface area contributed by atoms with Crippen LogP contribution in [0.5, 0.6) is 0 Å². The van der Waals surface area contributed by atoms with Gasteiger partial charge in [-0.25, -0.2) is 4.98 Å². The summed E-state index contributed by atoms with van der Waals surface area (Å²) in [6, 6.07) is 0. The lowest BCUT2D eigenvalue weighted by Crippen LogP contribution is -2.37. The Morgan fingerprint density at radius 1 is 1.60 bits per heavy atom. The molecule has 2 heterocycles. The summed E-state index contributed by atoms with van der Waals surface area (Å²) in [5, 5.41) is 3.09. The Morgan fingerprint density at radius 2 is 2.40 bits per heavy atom. The standard InChI is InChI=1S/C15H25N3OS/c1-12-5-4-7-18(9-12)8-6-15(19)17(3)10-14-11-20-13(2)16-14/h11-12H,4-10H2,1-3H3/t12-/m1/s1. The summed E-state index contributed by atoms with van der Waals surface area (Å²) in [5.41, 5.74) is 0.995. The molecule has 0 aromatic carbocycles. The number of hydrogen-bond acceptors (Lipinski definition) is 4. The van der Waals surface area contributed by atoms with Crippen LogP contribution in [-0.2, 0) is 11.3 Å². The highest BCUT2D eigenvalue weighted by atomic mass is 32.1. The van der Waals surface area contributed by atoms with Gasteiger partial charge in [0.15, 0.2) is 0 Å². The molecular weight excluding hydrogens is 270 g/mol. The normalized spacial score (nSPS) is 20.1. The second-order valence-electron chi connectivity index (χ2n) is 5.91. The minimum Gasteiger partial charge on any atom is -0.340 e. The average molecular weight is 295 g/mol. The third kappa shape index (κ3) is 4.56. The van der Waals surface area contributed by atoms with Crippen molar-refractivity contribution in [1.29, 1.82) is 0 Å². The first kappa shape index (κ1) is 15.4. The van der Waals surface area contributed by atoms with Crippen LogP contribution in [0.1, 0.15) is 36.9 Å². The average Bonchev–Trinajstić information content (AvgIpc) is 2.81. The minimum atomic E-state index is 0.217. The molecule has 2 rings (SSSR count). The van der Waals surface area contributed by atoms with E-state index in [9.17, 15) is 4.79 Å². The molecular formula is C15H25N3OS. The summed E-state index contributed by atoms with van der Waals surface area (Å²) in [4.78, 5) is 20.8. The summed E-state index contributed by atoms with van der Waals surface area (Å²) >= 11 is 1.64. The van der Waals surface area contributed by atoms with Crippen molar-refractivity contribution < 1.29 is 4.79 Å². The van der Waals surface area contributed by atoms with Crippen LogP contribution < -0.4 is 0 Å². The smallest absolute Gasteiger partial charge is 0.223 e. The van der Waals surface area contributed by atoms with Gasteiger partial charge in [-0.2, -0.15) is 0 Å². The topological polar surface area (TPSA) is 36.4 Å². The molecule has 0 bridgehead atoms. The molecule has 0 N–H and O–H groups in total. The van der Waals surface area contributed by atoms with Crippen LogP contribution >= 0.6 is 11.3 Å². The van der Waals surface area contributed by atoms with Crippen LogP contribution in [0.2, 0.25) is 0 Å². The fourth-order valence-corrected chi connectivity index (χ4v) is 3.35. The van der Waals surface area contributed by atoms with E-state index in [4.69, 9.17) is 0 Å². The van der Waals surface area contributed by atoms with Gasteiger partial charge in [0.05, 0.1) is 17.2 Å². The second kappa shape index (κ2) is 7.18. The van der Waals surface area contributed by atoms with Crippen molar-refractivity contribution in [2.24, 2.45) is 5.92 Å². The fourth-order valence-electron chi connectivity index (χ4n) is 2.75. The quantitative estimate of drug-likeness (QED) is 0.837. The predicted molar refractivity (Wildman–Crippen MR) is 82.8 cm³/mol. The van der Waals surface area contributed by atoms with Gasteiger partial charge in [0.25, 0.3) is 0 Å². The molecule has 5 heteroatoms. The number of aromatic nitrogens is 1. The lowest BCUT2D eigenvalue weighted by atomic mass is 10.0. The zero-order valence-corrected chi connectivity index (χ0v) is 13.6. The van der Waals surface area contributed by atoms with Crippen molar-refractivity contribution >= 4 is 17.2 Å². The van der Waals surface area contributed by atoms with Crippen molar-refractivity contribution in [2.45, 2.75) is 39.7 Å². The minimum absolute atomic E-state index is 0.217. The Hall–Kier alpha value is -0.940. The van der Waals surface area contributed by atoms with Crippen molar-refractivity contribution in [3.05, 3.63) is 16.1 Å². The molecule has 0 spiro atoms. The maximum atomic E-state index is 12.2. The third-order valence-electron chi connectivity index (χ3n) is 3.87. The zero-order chi connectivity index (χ0) is 14.5. The lowest BCUT2D eigenvalue weighted by Gasteiger charge is -2.31. The van der Waals surface area contributed by atoms with Crippen LogP contribution in [0.15, 0.2) is 5.38 Å². The molecule has 1 aromatic rings. The maximum absolute atomic E-state index is 12.2. The van der Waals surface area contributed by atoms with Crippen LogP contribution in [0, 0.1) is 12.8 Å². The van der Waals surface area contributed by atoms with Crippen molar-refractivity contribution in [3.63, 3.8) is 0 Å². The Balaban J connectivity index is 1.73. The highest BCUT2D eigenvalue weighted by molar-refractivity contribution is 7.09. The molecule has 1 saturated heterocycles. The highest BCUT2D eigenvalue weighted by Gasteiger charge is 2.18. The molecule has 0 radical (unpaired) electrons. The van der Waals surface area contributed by atoms with Crippen LogP contribution in [-0.4, -0.2) is 47.4 Å². The first-order chi connectivity index (χ1) is 9.54. The molecule has 4 nitrogen and oxygen atoms in total. The number of amides is 1. The van der Waals surface area contributed by atoms with Gasteiger partial charge in [-0.05, 0) is 32.2 Å². The first-order valence-corrected chi connectivity index (χ1v) is 8.30. The number of hydrogen-bond donors (Lipinski definition) is 0. The van der Waals surface area contributed by atoms with Crippen LogP contribution in [0.3, 0.4) is 0 Å². The number of rotatable bonds is 5. The van der Waals surface area contributed by atoms with E-state index in [0.29, 0.717) is 13.0 Å². The van der Waals surface area contributed by atoms with Gasteiger partial charge in [-0.1, -0.05) is 6.92 Å².